The number of β-amino-alcohol motifs (C(OH)–C–C–N with tert-alkyl or cyclic N) is 1. The minimum Gasteiger partial charge on any atom is -0.391 e. The van der Waals surface area contributed by atoms with Gasteiger partial charge in [0.2, 0.25) is 0 Å². The Bertz CT molecular complexity index is 960. The van der Waals surface area contributed by atoms with Gasteiger partial charge in [-0.2, -0.15) is 0 Å². The van der Waals surface area contributed by atoms with Crippen molar-refractivity contribution in [1.82, 2.24) is 14.9 Å². The smallest absolute Gasteiger partial charge is 0.266 e. The van der Waals surface area contributed by atoms with Crippen LogP contribution >= 0.6 is 0 Å². The van der Waals surface area contributed by atoms with Crippen LogP contribution in [0.25, 0.3) is 10.8 Å². The molecule has 1 aliphatic rings. The zero-order valence-electron chi connectivity index (χ0n) is 15.8. The molecule has 0 radical (unpaired) electrons. The Morgan fingerprint density at radius 3 is 2.68 bits per heavy atom. The molecule has 1 aromatic heterocycles. The second-order valence-electron chi connectivity index (χ2n) is 7.66. The number of aromatic nitrogens is 2. The van der Waals surface area contributed by atoms with Gasteiger partial charge in [-0.25, -0.2) is 4.98 Å². The number of carbonyl (C=O) groups is 1. The van der Waals surface area contributed by atoms with Crippen LogP contribution in [0.5, 0.6) is 0 Å². The Balaban J connectivity index is 1.29. The number of carbonyl (C=O) groups excluding carboxylic acids is 1. The second-order valence-corrected chi connectivity index (χ2v) is 7.66. The van der Waals surface area contributed by atoms with E-state index in [1.807, 2.05) is 12.1 Å². The van der Waals surface area contributed by atoms with Crippen molar-refractivity contribution in [3.05, 3.63) is 65.7 Å². The first-order valence-electron chi connectivity index (χ1n) is 9.81. The van der Waals surface area contributed by atoms with Crippen molar-refractivity contribution in [2.75, 3.05) is 19.6 Å². The van der Waals surface area contributed by atoms with E-state index in [2.05, 4.69) is 45.2 Å². The highest BCUT2D eigenvalue weighted by molar-refractivity contribution is 5.90. The molecule has 1 atom stereocenters. The molecule has 2 aromatic carbocycles. The van der Waals surface area contributed by atoms with E-state index in [1.54, 1.807) is 0 Å². The Labute approximate surface area is 164 Å². The molecule has 1 amide bonds. The van der Waals surface area contributed by atoms with Gasteiger partial charge in [-0.05, 0) is 48.7 Å². The van der Waals surface area contributed by atoms with Gasteiger partial charge in [0.05, 0.1) is 12.3 Å². The molecule has 1 saturated heterocycles. The number of likely N-dealkylation sites (tertiary alicyclic amines) is 1. The minimum atomic E-state index is -0.479. The van der Waals surface area contributed by atoms with Crippen molar-refractivity contribution < 1.29 is 9.90 Å². The van der Waals surface area contributed by atoms with E-state index in [4.69, 9.17) is 5.73 Å². The molecule has 6 nitrogen and oxygen atoms in total. The molecule has 4 N–H and O–H groups in total. The molecule has 0 bridgehead atoms. The average molecular weight is 378 g/mol. The fourth-order valence-electron chi connectivity index (χ4n) is 4.06. The number of aliphatic hydroxyl groups is 1. The Kier molecular flexibility index (Phi) is 5.41. The predicted molar refractivity (Wildman–Crippen MR) is 109 cm³/mol. The monoisotopic (exact) mass is 378 g/mol. The number of primary amides is 1. The largest absolute Gasteiger partial charge is 0.391 e. The SMILES string of the molecule is NC(=O)c1cnc(C2CCN(CC(O)Cc3ccc4ccccc4c3)CC2)[nH]1. The highest BCUT2D eigenvalue weighted by Gasteiger charge is 2.24. The van der Waals surface area contributed by atoms with Gasteiger partial charge in [0, 0.05) is 12.5 Å². The molecule has 2 heterocycles. The third-order valence-corrected chi connectivity index (χ3v) is 5.59. The first-order chi connectivity index (χ1) is 13.6. The molecule has 146 valence electrons. The number of fused-ring (bicyclic) bond motifs is 1. The number of benzene rings is 2. The number of aromatic amines is 1. The van der Waals surface area contributed by atoms with Crippen molar-refractivity contribution in [2.45, 2.75) is 31.3 Å². The summed E-state index contributed by atoms with van der Waals surface area (Å²) in [6, 6.07) is 14.7. The zero-order valence-corrected chi connectivity index (χ0v) is 15.8. The summed E-state index contributed by atoms with van der Waals surface area (Å²) in [6.45, 7) is 2.49. The number of hydrogen-bond donors (Lipinski definition) is 3. The molecule has 0 aliphatic carbocycles. The molecule has 1 unspecified atom stereocenters. The van der Waals surface area contributed by atoms with Crippen molar-refractivity contribution >= 4 is 16.7 Å². The molecule has 1 aliphatic heterocycles. The predicted octanol–water partition coefficient (Wildman–Crippen LogP) is 2.44. The van der Waals surface area contributed by atoms with Crippen LogP contribution in [-0.4, -0.2) is 51.6 Å². The van der Waals surface area contributed by atoms with Gasteiger partial charge in [-0.3, -0.25) is 4.79 Å². The van der Waals surface area contributed by atoms with E-state index in [1.165, 1.54) is 17.0 Å². The molecule has 6 heteroatoms. The van der Waals surface area contributed by atoms with E-state index in [0.29, 0.717) is 24.6 Å². The summed E-state index contributed by atoms with van der Waals surface area (Å²) in [5.74, 6) is 0.667. The third kappa shape index (κ3) is 4.24. The van der Waals surface area contributed by atoms with E-state index in [0.717, 1.165) is 37.3 Å². The van der Waals surface area contributed by atoms with Crippen molar-refractivity contribution in [2.24, 2.45) is 5.73 Å². The van der Waals surface area contributed by atoms with E-state index in [-0.39, 0.29) is 6.10 Å². The number of rotatable bonds is 6. The molecule has 0 spiro atoms. The summed E-state index contributed by atoms with van der Waals surface area (Å²) in [5, 5.41) is 13.0. The summed E-state index contributed by atoms with van der Waals surface area (Å²) < 4.78 is 0. The quantitative estimate of drug-likeness (QED) is 0.614. The third-order valence-electron chi connectivity index (χ3n) is 5.59. The maximum absolute atomic E-state index is 11.2. The first kappa shape index (κ1) is 18.7. The molecule has 1 fully saturated rings. The van der Waals surface area contributed by atoms with Crippen molar-refractivity contribution in [3.63, 3.8) is 0 Å². The van der Waals surface area contributed by atoms with Crippen LogP contribution in [-0.2, 0) is 6.42 Å². The number of nitrogens with one attached hydrogen (secondary N) is 1. The Morgan fingerprint density at radius 1 is 1.21 bits per heavy atom. The van der Waals surface area contributed by atoms with Gasteiger partial charge in [0.15, 0.2) is 0 Å². The standard InChI is InChI=1S/C22H26N4O2/c23-21(28)20-13-24-22(25-20)17-7-9-26(10-8-17)14-19(27)12-15-5-6-16-3-1-2-4-18(16)11-15/h1-6,11,13,17,19,27H,7-10,12,14H2,(H2,23,28)(H,24,25). The maximum Gasteiger partial charge on any atom is 0.266 e. The number of piperidine rings is 1. The molecular formula is C22H26N4O2. The lowest BCUT2D eigenvalue weighted by atomic mass is 9.95. The van der Waals surface area contributed by atoms with Crippen LogP contribution in [0.1, 0.15) is 40.6 Å². The average Bonchev–Trinajstić information content (AvgIpc) is 3.19. The summed E-state index contributed by atoms with van der Waals surface area (Å²) in [4.78, 5) is 20.8. The van der Waals surface area contributed by atoms with Crippen LogP contribution in [0.4, 0.5) is 0 Å². The highest BCUT2D eigenvalue weighted by atomic mass is 16.3. The number of amides is 1. The minimum absolute atomic E-state index is 0.307. The van der Waals surface area contributed by atoms with Crippen LogP contribution in [0, 0.1) is 0 Å². The lowest BCUT2D eigenvalue weighted by molar-refractivity contribution is 0.0962. The summed E-state index contributed by atoms with van der Waals surface area (Å²) in [6.07, 6.45) is 3.69. The first-order valence-corrected chi connectivity index (χ1v) is 9.81. The van der Waals surface area contributed by atoms with E-state index < -0.39 is 5.91 Å². The van der Waals surface area contributed by atoms with E-state index >= 15 is 0 Å². The van der Waals surface area contributed by atoms with E-state index in [9.17, 15) is 9.90 Å². The Morgan fingerprint density at radius 2 is 1.96 bits per heavy atom. The van der Waals surface area contributed by atoms with Gasteiger partial charge in [-0.15, -0.1) is 0 Å². The number of H-pyrrole nitrogens is 1. The lowest BCUT2D eigenvalue weighted by Crippen LogP contribution is -2.39. The van der Waals surface area contributed by atoms with Crippen molar-refractivity contribution in [3.8, 4) is 0 Å². The lowest BCUT2D eigenvalue weighted by Gasteiger charge is -2.32. The van der Waals surface area contributed by atoms with Gasteiger partial charge in [0.1, 0.15) is 11.5 Å². The van der Waals surface area contributed by atoms with Gasteiger partial charge < -0.3 is 20.7 Å². The molecule has 0 saturated carbocycles. The van der Waals surface area contributed by atoms with Crippen LogP contribution < -0.4 is 5.73 Å². The molecule has 4 rings (SSSR count). The zero-order chi connectivity index (χ0) is 19.5. The van der Waals surface area contributed by atoms with Crippen LogP contribution in [0.2, 0.25) is 0 Å². The normalized spacial score (nSPS) is 17.0. The highest BCUT2D eigenvalue weighted by Crippen LogP contribution is 2.26. The molecule has 28 heavy (non-hydrogen) atoms. The number of hydrogen-bond acceptors (Lipinski definition) is 4. The second kappa shape index (κ2) is 8.12. The number of imidazole rings is 1. The van der Waals surface area contributed by atoms with Crippen LogP contribution in [0.3, 0.4) is 0 Å². The number of nitrogens with two attached hydrogens (primary N) is 1. The van der Waals surface area contributed by atoms with Crippen LogP contribution in [0.15, 0.2) is 48.7 Å². The topological polar surface area (TPSA) is 95.2 Å². The van der Waals surface area contributed by atoms with Crippen molar-refractivity contribution in [1.29, 1.82) is 0 Å². The molecule has 3 aromatic rings. The summed E-state index contributed by atoms with van der Waals surface area (Å²) >= 11 is 0. The Hall–Kier alpha value is -2.70. The number of aliphatic hydroxyl groups excluding tert-OH is 1. The fourth-order valence-corrected chi connectivity index (χ4v) is 4.06. The number of nitrogens with zero attached hydrogens (tertiary/aromatic N) is 2. The molecular weight excluding hydrogens is 352 g/mol. The fraction of sp³-hybridized carbons (Fsp3) is 0.364. The maximum atomic E-state index is 11.2. The van der Waals surface area contributed by atoms with Gasteiger partial charge in [-0.1, -0.05) is 42.5 Å². The summed E-state index contributed by atoms with van der Waals surface area (Å²) in [7, 11) is 0. The van der Waals surface area contributed by atoms with Gasteiger partial charge in [0.25, 0.3) is 5.91 Å². The summed E-state index contributed by atoms with van der Waals surface area (Å²) in [5.41, 5.74) is 6.81. The van der Waals surface area contributed by atoms with Gasteiger partial charge >= 0.3 is 0 Å².